The number of carbonyl (C=O) groups excluding carboxylic acids is 3. The quantitative estimate of drug-likeness (QED) is 0.392. The van der Waals surface area contributed by atoms with Gasteiger partial charge in [-0.15, -0.1) is 0 Å². The van der Waals surface area contributed by atoms with Crippen LogP contribution in [-0.4, -0.2) is 37.9 Å². The van der Waals surface area contributed by atoms with Crippen LogP contribution in [0.15, 0.2) is 71.1 Å². The largest absolute Gasteiger partial charge is 0.455 e. The number of halogens is 1. The second-order valence-corrected chi connectivity index (χ2v) is 7.99. The third kappa shape index (κ3) is 4.77. The molecule has 178 valence electrons. The van der Waals surface area contributed by atoms with E-state index in [1.165, 1.54) is 26.2 Å². The van der Waals surface area contributed by atoms with Crippen molar-refractivity contribution in [1.29, 1.82) is 0 Å². The van der Waals surface area contributed by atoms with Gasteiger partial charge in [0.15, 0.2) is 0 Å². The summed E-state index contributed by atoms with van der Waals surface area (Å²) in [5.41, 5.74) is 3.32. The molecule has 8 heteroatoms. The first-order chi connectivity index (χ1) is 16.8. The van der Waals surface area contributed by atoms with Crippen LogP contribution in [0.1, 0.15) is 27.6 Å². The molecule has 0 radical (unpaired) electrons. The maximum Gasteiger partial charge on any atom is 0.255 e. The summed E-state index contributed by atoms with van der Waals surface area (Å²) in [6.45, 7) is 1.60. The van der Waals surface area contributed by atoms with Gasteiger partial charge >= 0.3 is 0 Å². The molecule has 7 nitrogen and oxygen atoms in total. The van der Waals surface area contributed by atoms with Crippen molar-refractivity contribution in [2.75, 3.05) is 14.1 Å². The van der Waals surface area contributed by atoms with Gasteiger partial charge in [0, 0.05) is 30.6 Å². The zero-order chi connectivity index (χ0) is 25.1. The van der Waals surface area contributed by atoms with Gasteiger partial charge in [-0.2, -0.15) is 0 Å². The molecule has 0 spiro atoms. The summed E-state index contributed by atoms with van der Waals surface area (Å²) >= 11 is 0. The van der Waals surface area contributed by atoms with E-state index in [1.807, 2.05) is 18.2 Å². The Kier molecular flexibility index (Phi) is 6.64. The molecular weight excluding hydrogens is 449 g/mol. The van der Waals surface area contributed by atoms with E-state index in [0.29, 0.717) is 33.4 Å². The minimum atomic E-state index is -0.682. The lowest BCUT2D eigenvalue weighted by atomic mass is 9.99. The number of benzene rings is 3. The van der Waals surface area contributed by atoms with Crippen molar-refractivity contribution in [3.05, 3.63) is 83.7 Å². The molecule has 3 aromatic carbocycles. The van der Waals surface area contributed by atoms with Crippen LogP contribution < -0.4 is 16.0 Å². The van der Waals surface area contributed by atoms with Crippen LogP contribution in [0.5, 0.6) is 0 Å². The van der Waals surface area contributed by atoms with Crippen molar-refractivity contribution in [2.45, 2.75) is 13.0 Å². The Labute approximate surface area is 201 Å². The number of nitrogens with one attached hydrogen (secondary N) is 3. The summed E-state index contributed by atoms with van der Waals surface area (Å²) in [7, 11) is 3.04. The standard InChI is InChI=1S/C27H24FN3O4/c1-15(25(32)29-2)31-26(33)19-6-4-5-17(13-19)18-9-12-22-21(14-18)23(27(34)30-3)24(35-22)16-7-10-20(28)11-8-16/h4-15H,1-3H3,(H,29,32)(H,30,34)(H,31,33). The molecule has 0 aliphatic heterocycles. The highest BCUT2D eigenvalue weighted by Gasteiger charge is 2.22. The summed E-state index contributed by atoms with van der Waals surface area (Å²) in [6, 6.07) is 17.4. The molecule has 3 amide bonds. The van der Waals surface area contributed by atoms with Gasteiger partial charge in [-0.3, -0.25) is 14.4 Å². The fourth-order valence-electron chi connectivity index (χ4n) is 3.83. The molecular formula is C27H24FN3O4. The van der Waals surface area contributed by atoms with Crippen molar-refractivity contribution >= 4 is 28.7 Å². The number of hydrogen-bond acceptors (Lipinski definition) is 4. The summed E-state index contributed by atoms with van der Waals surface area (Å²) in [6.07, 6.45) is 0. The topological polar surface area (TPSA) is 100 Å². The zero-order valence-corrected chi connectivity index (χ0v) is 19.4. The first kappa shape index (κ1) is 23.7. The van der Waals surface area contributed by atoms with E-state index < -0.39 is 6.04 Å². The maximum atomic E-state index is 13.4. The normalized spacial score (nSPS) is 11.7. The molecule has 3 N–H and O–H groups in total. The summed E-state index contributed by atoms with van der Waals surface area (Å²) in [5.74, 6) is -1.05. The highest BCUT2D eigenvalue weighted by molar-refractivity contribution is 6.12. The van der Waals surface area contributed by atoms with E-state index in [9.17, 15) is 18.8 Å². The van der Waals surface area contributed by atoms with Gasteiger partial charge in [-0.05, 0) is 66.6 Å². The van der Waals surface area contributed by atoms with Crippen molar-refractivity contribution in [1.82, 2.24) is 16.0 Å². The first-order valence-corrected chi connectivity index (χ1v) is 11.0. The Hall–Kier alpha value is -4.46. The van der Waals surface area contributed by atoms with E-state index in [-0.39, 0.29) is 23.5 Å². The van der Waals surface area contributed by atoms with E-state index in [1.54, 1.807) is 43.3 Å². The molecule has 1 atom stereocenters. The van der Waals surface area contributed by atoms with Crippen LogP contribution >= 0.6 is 0 Å². The maximum absolute atomic E-state index is 13.4. The molecule has 0 saturated heterocycles. The van der Waals surface area contributed by atoms with Crippen molar-refractivity contribution < 1.29 is 23.2 Å². The highest BCUT2D eigenvalue weighted by Crippen LogP contribution is 2.36. The average Bonchev–Trinajstić information content (AvgIpc) is 3.26. The summed E-state index contributed by atoms with van der Waals surface area (Å²) in [5, 5.41) is 8.39. The van der Waals surface area contributed by atoms with Crippen LogP contribution in [0, 0.1) is 5.82 Å². The van der Waals surface area contributed by atoms with Gasteiger partial charge in [0.05, 0.1) is 5.56 Å². The number of furan rings is 1. The van der Waals surface area contributed by atoms with Gasteiger partial charge in [0.1, 0.15) is 23.2 Å². The smallest absolute Gasteiger partial charge is 0.255 e. The lowest BCUT2D eigenvalue weighted by molar-refractivity contribution is -0.122. The Balaban J connectivity index is 1.75. The highest BCUT2D eigenvalue weighted by atomic mass is 19.1. The van der Waals surface area contributed by atoms with Crippen LogP contribution in [0.4, 0.5) is 4.39 Å². The predicted octanol–water partition coefficient (Wildman–Crippen LogP) is 4.13. The van der Waals surface area contributed by atoms with Crippen LogP contribution in [0.25, 0.3) is 33.4 Å². The minimum absolute atomic E-state index is 0.293. The molecule has 0 aliphatic rings. The Morgan fingerprint density at radius 2 is 1.51 bits per heavy atom. The van der Waals surface area contributed by atoms with Crippen LogP contribution in [0.2, 0.25) is 0 Å². The third-order valence-electron chi connectivity index (χ3n) is 5.69. The first-order valence-electron chi connectivity index (χ1n) is 11.0. The molecule has 0 fully saturated rings. The molecule has 0 bridgehead atoms. The average molecular weight is 474 g/mol. The van der Waals surface area contributed by atoms with Gasteiger partial charge in [-0.25, -0.2) is 4.39 Å². The molecule has 4 rings (SSSR count). The molecule has 4 aromatic rings. The molecule has 35 heavy (non-hydrogen) atoms. The minimum Gasteiger partial charge on any atom is -0.455 e. The number of fused-ring (bicyclic) bond motifs is 1. The number of likely N-dealkylation sites (N-methyl/N-ethyl adjacent to an activating group) is 1. The summed E-state index contributed by atoms with van der Waals surface area (Å²) in [4.78, 5) is 37.2. The Bertz CT molecular complexity index is 1430. The number of rotatable bonds is 6. The van der Waals surface area contributed by atoms with E-state index in [0.717, 1.165) is 11.1 Å². The molecule has 0 aliphatic carbocycles. The number of amides is 3. The van der Waals surface area contributed by atoms with E-state index >= 15 is 0 Å². The van der Waals surface area contributed by atoms with Gasteiger partial charge in [0.25, 0.3) is 11.8 Å². The van der Waals surface area contributed by atoms with Gasteiger partial charge in [-0.1, -0.05) is 18.2 Å². The van der Waals surface area contributed by atoms with Crippen molar-refractivity contribution in [2.24, 2.45) is 0 Å². The van der Waals surface area contributed by atoms with Crippen molar-refractivity contribution in [3.63, 3.8) is 0 Å². The summed E-state index contributed by atoms with van der Waals surface area (Å²) < 4.78 is 19.4. The number of hydrogen-bond donors (Lipinski definition) is 3. The molecule has 1 heterocycles. The Morgan fingerprint density at radius 3 is 2.20 bits per heavy atom. The third-order valence-corrected chi connectivity index (χ3v) is 5.69. The molecule has 1 aromatic heterocycles. The van der Waals surface area contributed by atoms with Gasteiger partial charge in [0.2, 0.25) is 5.91 Å². The number of carbonyl (C=O) groups is 3. The van der Waals surface area contributed by atoms with E-state index in [4.69, 9.17) is 4.42 Å². The molecule has 0 saturated carbocycles. The predicted molar refractivity (Wildman–Crippen MR) is 131 cm³/mol. The Morgan fingerprint density at radius 1 is 0.829 bits per heavy atom. The lowest BCUT2D eigenvalue weighted by Gasteiger charge is -2.13. The van der Waals surface area contributed by atoms with E-state index in [2.05, 4.69) is 16.0 Å². The second kappa shape index (κ2) is 9.80. The SMILES string of the molecule is CNC(=O)c1c(-c2ccc(F)cc2)oc2ccc(-c3cccc(C(=O)NC(C)C(=O)NC)c3)cc12. The van der Waals surface area contributed by atoms with Crippen molar-refractivity contribution in [3.8, 4) is 22.5 Å². The van der Waals surface area contributed by atoms with Gasteiger partial charge < -0.3 is 20.4 Å². The monoisotopic (exact) mass is 473 g/mol. The zero-order valence-electron chi connectivity index (χ0n) is 19.4. The fraction of sp³-hybridized carbons (Fsp3) is 0.148. The fourth-order valence-corrected chi connectivity index (χ4v) is 3.83. The second-order valence-electron chi connectivity index (χ2n) is 7.99. The molecule has 1 unspecified atom stereocenters. The van der Waals surface area contributed by atoms with Crippen LogP contribution in [0.3, 0.4) is 0 Å². The lowest BCUT2D eigenvalue weighted by Crippen LogP contribution is -2.43. The van der Waals surface area contributed by atoms with Crippen LogP contribution in [-0.2, 0) is 4.79 Å².